The number of sulfonamides is 1. The van der Waals surface area contributed by atoms with E-state index in [1.165, 1.54) is 30.7 Å². The van der Waals surface area contributed by atoms with Crippen LogP contribution in [0.3, 0.4) is 0 Å². The Morgan fingerprint density at radius 3 is 2.38 bits per heavy atom. The van der Waals surface area contributed by atoms with E-state index in [4.69, 9.17) is 9.47 Å². The summed E-state index contributed by atoms with van der Waals surface area (Å²) in [6, 6.07) is 4.72. The molecule has 1 fully saturated rings. The fourth-order valence-electron chi connectivity index (χ4n) is 2.55. The highest BCUT2D eigenvalue weighted by molar-refractivity contribution is 7.89. The van der Waals surface area contributed by atoms with Crippen LogP contribution in [0.15, 0.2) is 23.1 Å². The molecule has 2 rings (SSSR count). The van der Waals surface area contributed by atoms with Crippen molar-refractivity contribution in [2.75, 3.05) is 40.9 Å². The molecule has 1 aliphatic heterocycles. The molecule has 1 aliphatic rings. The van der Waals surface area contributed by atoms with Crippen molar-refractivity contribution in [3.63, 3.8) is 0 Å². The van der Waals surface area contributed by atoms with Gasteiger partial charge in [-0.1, -0.05) is 0 Å². The van der Waals surface area contributed by atoms with Crippen LogP contribution in [-0.4, -0.2) is 53.6 Å². The summed E-state index contributed by atoms with van der Waals surface area (Å²) in [5, 5.41) is 3.10. The van der Waals surface area contributed by atoms with Crippen LogP contribution in [0.2, 0.25) is 0 Å². The maximum atomic E-state index is 12.7. The number of nitrogens with zero attached hydrogens (tertiary/aromatic N) is 1. The van der Waals surface area contributed by atoms with Crippen molar-refractivity contribution in [2.24, 2.45) is 5.92 Å². The van der Waals surface area contributed by atoms with Gasteiger partial charge in [-0.2, -0.15) is 4.31 Å². The molecule has 1 atom stereocenters. The fraction of sp³-hybridized carbons (Fsp3) is 0.571. The Balaban J connectivity index is 2.27. The highest BCUT2D eigenvalue weighted by Gasteiger charge is 2.32. The molecule has 0 radical (unpaired) electrons. The van der Waals surface area contributed by atoms with Gasteiger partial charge in [0.25, 0.3) is 0 Å². The largest absolute Gasteiger partial charge is 0.497 e. The smallest absolute Gasteiger partial charge is 0.243 e. The first kappa shape index (κ1) is 16.1. The molecule has 0 aromatic heterocycles. The maximum Gasteiger partial charge on any atom is 0.243 e. The molecule has 7 heteroatoms. The van der Waals surface area contributed by atoms with E-state index in [2.05, 4.69) is 5.32 Å². The van der Waals surface area contributed by atoms with E-state index in [1.807, 2.05) is 7.05 Å². The first-order chi connectivity index (χ1) is 10.0. The second-order valence-electron chi connectivity index (χ2n) is 5.12. The van der Waals surface area contributed by atoms with E-state index in [9.17, 15) is 8.42 Å². The van der Waals surface area contributed by atoms with Crippen molar-refractivity contribution in [1.29, 1.82) is 0 Å². The van der Waals surface area contributed by atoms with Crippen LogP contribution >= 0.6 is 0 Å². The predicted octanol–water partition coefficient (Wildman–Crippen LogP) is 0.934. The van der Waals surface area contributed by atoms with Gasteiger partial charge in [-0.25, -0.2) is 8.42 Å². The van der Waals surface area contributed by atoms with Gasteiger partial charge >= 0.3 is 0 Å². The quantitative estimate of drug-likeness (QED) is 0.846. The van der Waals surface area contributed by atoms with Gasteiger partial charge in [-0.15, -0.1) is 0 Å². The van der Waals surface area contributed by atoms with Gasteiger partial charge in [0, 0.05) is 31.3 Å². The van der Waals surface area contributed by atoms with Crippen LogP contribution in [0, 0.1) is 5.92 Å². The molecule has 1 unspecified atom stereocenters. The number of hydrogen-bond donors (Lipinski definition) is 1. The molecule has 6 nitrogen and oxygen atoms in total. The zero-order chi connectivity index (χ0) is 15.5. The van der Waals surface area contributed by atoms with Crippen LogP contribution in [0.1, 0.15) is 6.42 Å². The molecule has 0 saturated carbocycles. The van der Waals surface area contributed by atoms with Gasteiger partial charge < -0.3 is 14.8 Å². The van der Waals surface area contributed by atoms with E-state index in [0.29, 0.717) is 30.5 Å². The van der Waals surface area contributed by atoms with Gasteiger partial charge in [-0.05, 0) is 25.9 Å². The number of methoxy groups -OCH3 is 2. The Kier molecular flexibility index (Phi) is 5.08. The molecular weight excluding hydrogens is 292 g/mol. The van der Waals surface area contributed by atoms with Crippen LogP contribution in [0.25, 0.3) is 0 Å². The Labute approximate surface area is 126 Å². The second-order valence-corrected chi connectivity index (χ2v) is 7.06. The van der Waals surface area contributed by atoms with E-state index in [-0.39, 0.29) is 4.90 Å². The summed E-state index contributed by atoms with van der Waals surface area (Å²) in [7, 11) is 1.38. The molecule has 0 amide bonds. The normalized spacial score (nSPS) is 19.7. The average molecular weight is 314 g/mol. The molecule has 0 aliphatic carbocycles. The lowest BCUT2D eigenvalue weighted by Gasteiger charge is -2.17. The summed E-state index contributed by atoms with van der Waals surface area (Å²) in [4.78, 5) is 0.212. The minimum absolute atomic E-state index is 0.212. The first-order valence-corrected chi connectivity index (χ1v) is 8.33. The van der Waals surface area contributed by atoms with Crippen molar-refractivity contribution in [2.45, 2.75) is 11.3 Å². The molecule has 1 saturated heterocycles. The van der Waals surface area contributed by atoms with Crippen molar-refractivity contribution in [1.82, 2.24) is 9.62 Å². The molecular formula is C14H22N2O4S. The highest BCUT2D eigenvalue weighted by atomic mass is 32.2. The van der Waals surface area contributed by atoms with Gasteiger partial charge in [0.05, 0.1) is 19.1 Å². The lowest BCUT2D eigenvalue weighted by Crippen LogP contribution is -2.30. The standard InChI is InChI=1S/C14H22N2O4S/c1-15-9-11-4-5-16(10-11)21(17,18)14-7-12(19-2)6-13(8-14)20-3/h6-8,11,15H,4-5,9-10H2,1-3H3. The third-order valence-electron chi connectivity index (χ3n) is 3.70. The van der Waals surface area contributed by atoms with Crippen LogP contribution in [0.5, 0.6) is 11.5 Å². The van der Waals surface area contributed by atoms with E-state index in [0.717, 1.165) is 13.0 Å². The Morgan fingerprint density at radius 2 is 1.86 bits per heavy atom. The Hall–Kier alpha value is -1.31. The number of nitrogens with one attached hydrogen (secondary N) is 1. The predicted molar refractivity (Wildman–Crippen MR) is 80.3 cm³/mol. The third-order valence-corrected chi connectivity index (χ3v) is 5.55. The molecule has 21 heavy (non-hydrogen) atoms. The lowest BCUT2D eigenvalue weighted by molar-refractivity contribution is 0.391. The number of ether oxygens (including phenoxy) is 2. The van der Waals surface area contributed by atoms with Gasteiger partial charge in [-0.3, -0.25) is 0 Å². The molecule has 1 aromatic rings. The third kappa shape index (κ3) is 3.48. The molecule has 0 bridgehead atoms. The monoisotopic (exact) mass is 314 g/mol. The maximum absolute atomic E-state index is 12.7. The summed E-state index contributed by atoms with van der Waals surface area (Å²) >= 11 is 0. The lowest BCUT2D eigenvalue weighted by atomic mass is 10.1. The van der Waals surface area contributed by atoms with Gasteiger partial charge in [0.2, 0.25) is 10.0 Å². The number of rotatable bonds is 6. The summed E-state index contributed by atoms with van der Waals surface area (Å²) in [5.74, 6) is 1.30. The Bertz CT molecular complexity index is 566. The van der Waals surface area contributed by atoms with E-state index >= 15 is 0 Å². The van der Waals surface area contributed by atoms with E-state index < -0.39 is 10.0 Å². The molecule has 0 spiro atoms. The number of benzene rings is 1. The van der Waals surface area contributed by atoms with Crippen LogP contribution < -0.4 is 14.8 Å². The minimum atomic E-state index is -3.51. The molecule has 118 valence electrons. The average Bonchev–Trinajstić information content (AvgIpc) is 2.96. The summed E-state index contributed by atoms with van der Waals surface area (Å²) in [6.45, 7) is 1.92. The van der Waals surface area contributed by atoms with Crippen LogP contribution in [-0.2, 0) is 10.0 Å². The van der Waals surface area contributed by atoms with Crippen LogP contribution in [0.4, 0.5) is 0 Å². The zero-order valence-corrected chi connectivity index (χ0v) is 13.4. The zero-order valence-electron chi connectivity index (χ0n) is 12.6. The summed E-state index contributed by atoms with van der Waals surface area (Å²) in [5.41, 5.74) is 0. The van der Waals surface area contributed by atoms with Crippen molar-refractivity contribution in [3.05, 3.63) is 18.2 Å². The van der Waals surface area contributed by atoms with Gasteiger partial charge in [0.1, 0.15) is 11.5 Å². The SMILES string of the molecule is CNCC1CCN(S(=O)(=O)c2cc(OC)cc(OC)c2)C1. The minimum Gasteiger partial charge on any atom is -0.497 e. The molecule has 1 heterocycles. The summed E-state index contributed by atoms with van der Waals surface area (Å²) in [6.07, 6.45) is 0.876. The van der Waals surface area contributed by atoms with E-state index in [1.54, 1.807) is 6.07 Å². The van der Waals surface area contributed by atoms with Gasteiger partial charge in [0.15, 0.2) is 0 Å². The topological polar surface area (TPSA) is 67.9 Å². The fourth-order valence-corrected chi connectivity index (χ4v) is 4.13. The summed E-state index contributed by atoms with van der Waals surface area (Å²) < 4.78 is 37.2. The highest BCUT2D eigenvalue weighted by Crippen LogP contribution is 2.30. The first-order valence-electron chi connectivity index (χ1n) is 6.89. The molecule has 1 N–H and O–H groups in total. The van der Waals surface area contributed by atoms with Crippen molar-refractivity contribution < 1.29 is 17.9 Å². The Morgan fingerprint density at radius 1 is 1.24 bits per heavy atom. The molecule has 1 aromatic carbocycles. The number of hydrogen-bond acceptors (Lipinski definition) is 5. The van der Waals surface area contributed by atoms with Crippen molar-refractivity contribution in [3.8, 4) is 11.5 Å². The second kappa shape index (κ2) is 6.64. The van der Waals surface area contributed by atoms with Crippen molar-refractivity contribution >= 4 is 10.0 Å².